The van der Waals surface area contributed by atoms with Crippen LogP contribution in [0.5, 0.6) is 0 Å². The van der Waals surface area contributed by atoms with Crippen LogP contribution in [0.4, 0.5) is 0 Å². The van der Waals surface area contributed by atoms with E-state index in [4.69, 9.17) is 5.53 Å². The fraction of sp³-hybridized carbons (Fsp3) is 0.750. The lowest BCUT2D eigenvalue weighted by Crippen LogP contribution is -1.73. The highest BCUT2D eigenvalue weighted by atomic mass is 14.8. The molecule has 56 valence electrons. The van der Waals surface area contributed by atoms with Gasteiger partial charge in [0.15, 0.2) is 0 Å². The van der Waals surface area contributed by atoms with E-state index in [1.807, 2.05) is 0 Å². The first-order valence-corrected chi connectivity index (χ1v) is 3.83. The molecule has 0 heterocycles. The molecule has 0 atom stereocenters. The summed E-state index contributed by atoms with van der Waals surface area (Å²) in [7, 11) is 0. The van der Waals surface area contributed by atoms with Crippen LogP contribution in [0.25, 0.3) is 5.53 Å². The van der Waals surface area contributed by atoms with Gasteiger partial charge in [-0.3, -0.25) is 0 Å². The van der Waals surface area contributed by atoms with Crippen molar-refractivity contribution in [1.82, 2.24) is 0 Å². The fourth-order valence-corrected chi connectivity index (χ4v) is 0.779. The molecule has 0 aromatic rings. The second-order valence-electron chi connectivity index (χ2n) is 2.28. The number of nitrogens with zero attached hydrogens (tertiary/aromatic N) is 2. The maximum atomic E-state index is 7.95. The van der Waals surface area contributed by atoms with Crippen LogP contribution in [0.3, 0.4) is 0 Å². The summed E-state index contributed by atoms with van der Waals surface area (Å²) in [5.41, 5.74) is 7.95. The average molecular weight is 138 g/mol. The maximum absolute atomic E-state index is 7.95. The van der Waals surface area contributed by atoms with Gasteiger partial charge in [-0.15, -0.1) is 4.79 Å². The molecule has 0 aromatic heterocycles. The number of hydrogen-bond acceptors (Lipinski definition) is 0. The third kappa shape index (κ3) is 7.16. The van der Waals surface area contributed by atoms with Crippen LogP contribution >= 0.6 is 0 Å². The van der Waals surface area contributed by atoms with Crippen molar-refractivity contribution >= 4 is 5.87 Å². The zero-order chi connectivity index (χ0) is 7.66. The van der Waals surface area contributed by atoms with Gasteiger partial charge in [-0.1, -0.05) is 26.2 Å². The first-order chi connectivity index (χ1) is 4.91. The van der Waals surface area contributed by atoms with Gasteiger partial charge in [0.1, 0.15) is 0 Å². The van der Waals surface area contributed by atoms with Crippen molar-refractivity contribution in [3.05, 3.63) is 11.6 Å². The van der Waals surface area contributed by atoms with Gasteiger partial charge in [0.05, 0.1) is 0 Å². The third-order valence-electron chi connectivity index (χ3n) is 1.35. The smallest absolute Gasteiger partial charge is 0.295 e. The van der Waals surface area contributed by atoms with Gasteiger partial charge in [-0.25, -0.2) is 0 Å². The van der Waals surface area contributed by atoms with Crippen LogP contribution in [-0.4, -0.2) is 10.7 Å². The van der Waals surface area contributed by atoms with Gasteiger partial charge in [-0.05, 0) is 12.8 Å². The van der Waals surface area contributed by atoms with Crippen LogP contribution in [0.1, 0.15) is 39.0 Å². The summed E-state index contributed by atoms with van der Waals surface area (Å²) in [6, 6.07) is 0. The van der Waals surface area contributed by atoms with Crippen LogP contribution in [0, 0.1) is 0 Å². The van der Waals surface area contributed by atoms with Gasteiger partial charge >= 0.3 is 0 Å². The lowest BCUT2D eigenvalue weighted by Gasteiger charge is -1.90. The van der Waals surface area contributed by atoms with Crippen molar-refractivity contribution in [3.63, 3.8) is 0 Å². The molecule has 0 bridgehead atoms. The van der Waals surface area contributed by atoms with Gasteiger partial charge < -0.3 is 5.53 Å². The Hall–Kier alpha value is -0.840. The minimum absolute atomic E-state index is 0.976. The zero-order valence-electron chi connectivity index (χ0n) is 6.51. The summed E-state index contributed by atoms with van der Waals surface area (Å²) in [6.07, 6.45) is 7.73. The monoisotopic (exact) mass is 138 g/mol. The summed E-state index contributed by atoms with van der Waals surface area (Å²) >= 11 is 0. The Morgan fingerprint density at radius 1 is 1.40 bits per heavy atom. The SMILES string of the molecule is CCCCCCC=C=[N+]=[N-]. The predicted octanol–water partition coefficient (Wildman–Crippen LogP) is 2.41. The standard InChI is InChI=1S/C8H14N2/c1-2-3-4-5-6-7-8-10-9/h7H,2-6H2,1H3. The second-order valence-corrected chi connectivity index (χ2v) is 2.28. The molecule has 0 N–H and O–H groups in total. The summed E-state index contributed by atoms with van der Waals surface area (Å²) < 4.78 is 0. The summed E-state index contributed by atoms with van der Waals surface area (Å²) in [5.74, 6) is 2.38. The van der Waals surface area contributed by atoms with E-state index in [2.05, 4.69) is 17.6 Å². The van der Waals surface area contributed by atoms with E-state index in [1.54, 1.807) is 6.08 Å². The first-order valence-electron chi connectivity index (χ1n) is 3.83. The lowest BCUT2D eigenvalue weighted by molar-refractivity contribution is 0.00784. The number of rotatable bonds is 5. The summed E-state index contributed by atoms with van der Waals surface area (Å²) in [6.45, 7) is 2.19. The van der Waals surface area contributed by atoms with Crippen LogP contribution < -0.4 is 0 Å². The Balaban J connectivity index is 3.05. The molecule has 10 heavy (non-hydrogen) atoms. The van der Waals surface area contributed by atoms with Crippen LogP contribution in [0.2, 0.25) is 0 Å². The molecule has 0 unspecified atom stereocenters. The molecule has 0 aliphatic heterocycles. The molecule has 0 spiro atoms. The average Bonchev–Trinajstić information content (AvgIpc) is 1.97. The molecule has 0 fully saturated rings. The Bertz CT molecular complexity index is 139. The molecule has 2 nitrogen and oxygen atoms in total. The highest BCUT2D eigenvalue weighted by molar-refractivity contribution is 5.44. The summed E-state index contributed by atoms with van der Waals surface area (Å²) in [4.78, 5) is 2.75. The van der Waals surface area contributed by atoms with Crippen molar-refractivity contribution in [2.45, 2.75) is 39.0 Å². The molecule has 0 amide bonds. The number of hydrogen-bond donors (Lipinski definition) is 0. The highest BCUT2D eigenvalue weighted by Gasteiger charge is 1.83. The fourth-order valence-electron chi connectivity index (χ4n) is 0.779. The second kappa shape index (κ2) is 8.16. The zero-order valence-corrected chi connectivity index (χ0v) is 6.51. The molecular formula is C8H14N2. The van der Waals surface area contributed by atoms with Gasteiger partial charge in [0, 0.05) is 6.08 Å². The number of allylic oxidation sites excluding steroid dienone is 1. The molecule has 0 aliphatic rings. The molecule has 0 saturated heterocycles. The highest BCUT2D eigenvalue weighted by Crippen LogP contribution is 2.01. The Kier molecular flexibility index (Phi) is 7.47. The molecule has 2 heteroatoms. The van der Waals surface area contributed by atoms with Gasteiger partial charge in [0.2, 0.25) is 0 Å². The molecule has 0 rings (SSSR count). The van der Waals surface area contributed by atoms with E-state index in [1.165, 1.54) is 25.7 Å². The normalized spacial score (nSPS) is 8.10. The largest absolute Gasteiger partial charge is 0.348 e. The molecule has 0 saturated carbocycles. The van der Waals surface area contributed by atoms with Gasteiger partial charge in [-0.2, -0.15) is 0 Å². The molecule has 0 aliphatic carbocycles. The van der Waals surface area contributed by atoms with E-state index < -0.39 is 0 Å². The lowest BCUT2D eigenvalue weighted by atomic mass is 10.2. The van der Waals surface area contributed by atoms with Crippen LogP contribution in [0.15, 0.2) is 6.08 Å². The Labute approximate surface area is 62.2 Å². The van der Waals surface area contributed by atoms with E-state index in [0.717, 1.165) is 6.42 Å². The summed E-state index contributed by atoms with van der Waals surface area (Å²) in [5, 5.41) is 0. The van der Waals surface area contributed by atoms with Crippen molar-refractivity contribution in [2.24, 2.45) is 0 Å². The molecule has 0 aromatic carbocycles. The van der Waals surface area contributed by atoms with Crippen molar-refractivity contribution in [1.29, 1.82) is 0 Å². The Morgan fingerprint density at radius 3 is 2.80 bits per heavy atom. The van der Waals surface area contributed by atoms with Crippen molar-refractivity contribution < 1.29 is 4.79 Å². The number of unbranched alkanes of at least 4 members (excludes halogenated alkanes) is 4. The topological polar surface area (TPSA) is 36.4 Å². The van der Waals surface area contributed by atoms with Crippen molar-refractivity contribution in [2.75, 3.05) is 0 Å². The van der Waals surface area contributed by atoms with E-state index in [0.29, 0.717) is 0 Å². The van der Waals surface area contributed by atoms with Crippen molar-refractivity contribution in [3.8, 4) is 0 Å². The predicted molar refractivity (Wildman–Crippen MR) is 42.0 cm³/mol. The minimum atomic E-state index is 0.976. The van der Waals surface area contributed by atoms with E-state index in [9.17, 15) is 0 Å². The third-order valence-corrected chi connectivity index (χ3v) is 1.35. The maximum Gasteiger partial charge on any atom is 0.295 e. The molecule has 0 radical (unpaired) electrons. The van der Waals surface area contributed by atoms with Crippen LogP contribution in [-0.2, 0) is 0 Å². The Morgan fingerprint density at radius 2 is 2.20 bits per heavy atom. The quantitative estimate of drug-likeness (QED) is 0.242. The first kappa shape index (κ1) is 9.16. The van der Waals surface area contributed by atoms with Gasteiger partial charge in [0.25, 0.3) is 5.87 Å². The van der Waals surface area contributed by atoms with E-state index >= 15 is 0 Å². The van der Waals surface area contributed by atoms with E-state index in [-0.39, 0.29) is 0 Å². The molecular weight excluding hydrogens is 124 g/mol. The minimum Gasteiger partial charge on any atom is -0.348 e.